The molecule has 0 bridgehead atoms. The lowest BCUT2D eigenvalue weighted by atomic mass is 10.0. The molecule has 2 aromatic rings. The van der Waals surface area contributed by atoms with Gasteiger partial charge in [0.25, 0.3) is 5.91 Å². The molecule has 1 atom stereocenters. The van der Waals surface area contributed by atoms with Crippen molar-refractivity contribution < 1.29 is 9.59 Å². The smallest absolute Gasteiger partial charge is 0.252 e. The largest absolute Gasteiger partial charge is 0.340 e. The van der Waals surface area contributed by atoms with Crippen molar-refractivity contribution >= 4 is 23.2 Å². The Hall–Kier alpha value is -2.14. The van der Waals surface area contributed by atoms with Gasteiger partial charge in [-0.2, -0.15) is 0 Å². The first kappa shape index (κ1) is 20.2. The Labute approximate surface area is 160 Å². The molecule has 1 aromatic carbocycles. The van der Waals surface area contributed by atoms with Crippen molar-refractivity contribution in [1.29, 1.82) is 0 Å². The number of hydrogen-bond donors (Lipinski definition) is 1. The fourth-order valence-electron chi connectivity index (χ4n) is 2.88. The number of carbonyl (C=O) groups excluding carboxylic acids is 2. The number of rotatable bonds is 7. The van der Waals surface area contributed by atoms with E-state index in [-0.39, 0.29) is 11.8 Å². The van der Waals surface area contributed by atoms with E-state index in [0.717, 1.165) is 5.56 Å². The Bertz CT molecular complexity index is 767. The summed E-state index contributed by atoms with van der Waals surface area (Å²) in [5, 5.41) is 4.99. The summed E-state index contributed by atoms with van der Waals surface area (Å²) >= 11 is 1.65. The van der Waals surface area contributed by atoms with Crippen LogP contribution in [-0.4, -0.2) is 29.8 Å². The van der Waals surface area contributed by atoms with Crippen molar-refractivity contribution in [1.82, 2.24) is 10.2 Å². The van der Waals surface area contributed by atoms with Crippen LogP contribution in [-0.2, 0) is 11.3 Å². The van der Waals surface area contributed by atoms with Crippen molar-refractivity contribution in [2.24, 2.45) is 5.92 Å². The Morgan fingerprint density at radius 1 is 1.12 bits per heavy atom. The van der Waals surface area contributed by atoms with Crippen LogP contribution in [0, 0.1) is 19.8 Å². The van der Waals surface area contributed by atoms with Gasteiger partial charge in [-0.25, -0.2) is 0 Å². The van der Waals surface area contributed by atoms with Gasteiger partial charge in [-0.05, 0) is 54.8 Å². The monoisotopic (exact) mass is 372 g/mol. The first-order valence-corrected chi connectivity index (χ1v) is 9.82. The summed E-state index contributed by atoms with van der Waals surface area (Å²) in [6, 6.07) is 8.98. The maximum absolute atomic E-state index is 13.0. The maximum Gasteiger partial charge on any atom is 0.252 e. The molecular weight excluding hydrogens is 344 g/mol. The predicted molar refractivity (Wildman–Crippen MR) is 107 cm³/mol. The first-order chi connectivity index (χ1) is 12.3. The zero-order chi connectivity index (χ0) is 19.3. The molecule has 2 rings (SSSR count). The van der Waals surface area contributed by atoms with Gasteiger partial charge in [0, 0.05) is 17.5 Å². The topological polar surface area (TPSA) is 49.4 Å². The zero-order valence-electron chi connectivity index (χ0n) is 16.2. The normalized spacial score (nSPS) is 12.1. The number of likely N-dealkylation sites (N-methyl/N-ethyl adjacent to an activating group) is 1. The van der Waals surface area contributed by atoms with Gasteiger partial charge < -0.3 is 10.2 Å². The van der Waals surface area contributed by atoms with Crippen LogP contribution in [0.15, 0.2) is 35.7 Å². The molecule has 1 aromatic heterocycles. The van der Waals surface area contributed by atoms with E-state index in [0.29, 0.717) is 24.4 Å². The summed E-state index contributed by atoms with van der Waals surface area (Å²) in [7, 11) is 1.80. The lowest BCUT2D eigenvalue weighted by Gasteiger charge is -2.26. The molecule has 0 aliphatic carbocycles. The second-order valence-electron chi connectivity index (χ2n) is 7.19. The fourth-order valence-corrected chi connectivity index (χ4v) is 3.84. The molecule has 0 saturated carbocycles. The number of amides is 2. The Kier molecular flexibility index (Phi) is 6.98. The van der Waals surface area contributed by atoms with Crippen LogP contribution in [0.5, 0.6) is 0 Å². The standard InChI is InChI=1S/C21H28N2O2S/c1-14(2)12-18(22-20(24)17-9-7-6-8-15(17)3)21(25)23(5)13-19-16(4)10-11-26-19/h6-11,14,18H,12-13H2,1-5H3,(H,22,24). The molecule has 2 amide bonds. The molecule has 1 unspecified atom stereocenters. The van der Waals surface area contributed by atoms with E-state index in [2.05, 4.69) is 32.2 Å². The predicted octanol–water partition coefficient (Wildman–Crippen LogP) is 4.17. The van der Waals surface area contributed by atoms with Crippen LogP contribution in [0.1, 0.15) is 46.6 Å². The second kappa shape index (κ2) is 8.99. The number of benzene rings is 1. The summed E-state index contributed by atoms with van der Waals surface area (Å²) < 4.78 is 0. The number of thiophene rings is 1. The first-order valence-electron chi connectivity index (χ1n) is 8.94. The molecule has 0 aliphatic heterocycles. The van der Waals surface area contributed by atoms with Crippen LogP contribution in [0.2, 0.25) is 0 Å². The quantitative estimate of drug-likeness (QED) is 0.793. The lowest BCUT2D eigenvalue weighted by molar-refractivity contribution is -0.132. The van der Waals surface area contributed by atoms with E-state index in [9.17, 15) is 9.59 Å². The van der Waals surface area contributed by atoms with E-state index in [1.165, 1.54) is 10.4 Å². The zero-order valence-corrected chi connectivity index (χ0v) is 17.0. The number of hydrogen-bond acceptors (Lipinski definition) is 3. The summed E-state index contributed by atoms with van der Waals surface area (Å²) in [5.74, 6) is 0.0641. The van der Waals surface area contributed by atoms with Crippen LogP contribution >= 0.6 is 11.3 Å². The minimum atomic E-state index is -0.521. The summed E-state index contributed by atoms with van der Waals surface area (Å²) in [4.78, 5) is 28.5. The molecule has 5 heteroatoms. The third kappa shape index (κ3) is 5.18. The van der Waals surface area contributed by atoms with Gasteiger partial charge in [-0.15, -0.1) is 11.3 Å². The molecule has 4 nitrogen and oxygen atoms in total. The van der Waals surface area contributed by atoms with E-state index in [1.54, 1.807) is 29.4 Å². The third-order valence-electron chi connectivity index (χ3n) is 4.43. The highest BCUT2D eigenvalue weighted by molar-refractivity contribution is 7.10. The average molecular weight is 373 g/mol. The van der Waals surface area contributed by atoms with E-state index in [1.807, 2.05) is 30.5 Å². The molecule has 0 spiro atoms. The van der Waals surface area contributed by atoms with E-state index >= 15 is 0 Å². The minimum absolute atomic E-state index is 0.0477. The number of aryl methyl sites for hydroxylation is 2. The van der Waals surface area contributed by atoms with Gasteiger partial charge >= 0.3 is 0 Å². The highest BCUT2D eigenvalue weighted by Gasteiger charge is 2.26. The van der Waals surface area contributed by atoms with Gasteiger partial charge in [0.15, 0.2) is 0 Å². The fraction of sp³-hybridized carbons (Fsp3) is 0.429. The number of carbonyl (C=O) groups is 2. The van der Waals surface area contributed by atoms with Gasteiger partial charge in [0.2, 0.25) is 5.91 Å². The molecule has 0 radical (unpaired) electrons. The minimum Gasteiger partial charge on any atom is -0.340 e. The Balaban J connectivity index is 2.12. The molecule has 140 valence electrons. The molecule has 0 fully saturated rings. The third-order valence-corrected chi connectivity index (χ3v) is 5.43. The molecule has 0 saturated heterocycles. The summed E-state index contributed by atoms with van der Waals surface area (Å²) in [6.07, 6.45) is 0.615. The van der Waals surface area contributed by atoms with Crippen molar-refractivity contribution in [3.8, 4) is 0 Å². The average Bonchev–Trinajstić information content (AvgIpc) is 2.98. The molecule has 1 heterocycles. The van der Waals surface area contributed by atoms with Crippen molar-refractivity contribution in [2.45, 2.75) is 46.7 Å². The van der Waals surface area contributed by atoms with E-state index < -0.39 is 6.04 Å². The SMILES string of the molecule is Cc1ccccc1C(=O)NC(CC(C)C)C(=O)N(C)Cc1sccc1C. The Morgan fingerprint density at radius 3 is 2.38 bits per heavy atom. The highest BCUT2D eigenvalue weighted by atomic mass is 32.1. The lowest BCUT2D eigenvalue weighted by Crippen LogP contribution is -2.47. The Morgan fingerprint density at radius 2 is 1.81 bits per heavy atom. The highest BCUT2D eigenvalue weighted by Crippen LogP contribution is 2.18. The van der Waals surface area contributed by atoms with E-state index in [4.69, 9.17) is 0 Å². The van der Waals surface area contributed by atoms with Crippen LogP contribution < -0.4 is 5.32 Å². The number of nitrogens with zero attached hydrogens (tertiary/aromatic N) is 1. The second-order valence-corrected chi connectivity index (χ2v) is 8.19. The maximum atomic E-state index is 13.0. The van der Waals surface area contributed by atoms with Gasteiger partial charge in [0.1, 0.15) is 6.04 Å². The molecule has 26 heavy (non-hydrogen) atoms. The van der Waals surface area contributed by atoms with Crippen molar-refractivity contribution in [3.05, 3.63) is 57.3 Å². The van der Waals surface area contributed by atoms with Gasteiger partial charge in [-0.1, -0.05) is 32.0 Å². The molecular formula is C21H28N2O2S. The van der Waals surface area contributed by atoms with Crippen LogP contribution in [0.3, 0.4) is 0 Å². The van der Waals surface area contributed by atoms with Crippen molar-refractivity contribution in [2.75, 3.05) is 7.05 Å². The van der Waals surface area contributed by atoms with Crippen molar-refractivity contribution in [3.63, 3.8) is 0 Å². The number of nitrogens with one attached hydrogen (secondary N) is 1. The van der Waals surface area contributed by atoms with Gasteiger partial charge in [-0.3, -0.25) is 9.59 Å². The van der Waals surface area contributed by atoms with Crippen LogP contribution in [0.4, 0.5) is 0 Å². The summed E-state index contributed by atoms with van der Waals surface area (Å²) in [5.41, 5.74) is 2.72. The summed E-state index contributed by atoms with van der Waals surface area (Å²) in [6.45, 7) is 8.64. The van der Waals surface area contributed by atoms with Crippen LogP contribution in [0.25, 0.3) is 0 Å². The molecule has 1 N–H and O–H groups in total. The van der Waals surface area contributed by atoms with Gasteiger partial charge in [0.05, 0.1) is 6.54 Å². The molecule has 0 aliphatic rings.